The van der Waals surface area contributed by atoms with Crippen LogP contribution in [0.1, 0.15) is 33.1 Å². The monoisotopic (exact) mass is 399 g/mol. The van der Waals surface area contributed by atoms with Gasteiger partial charge >= 0.3 is 6.03 Å². The number of benzene rings is 1. The molecule has 0 spiro atoms. The lowest BCUT2D eigenvalue weighted by Gasteiger charge is -2.23. The van der Waals surface area contributed by atoms with Crippen LogP contribution in [0.25, 0.3) is 11.0 Å². The highest BCUT2D eigenvalue weighted by Gasteiger charge is 2.31. The van der Waals surface area contributed by atoms with Crippen molar-refractivity contribution in [3.63, 3.8) is 0 Å². The molecule has 3 amide bonds. The zero-order chi connectivity index (χ0) is 20.4. The molecule has 2 aliphatic rings. The average molecular weight is 399 g/mol. The number of fused-ring (bicyclic) bond motifs is 3. The van der Waals surface area contributed by atoms with Gasteiger partial charge in [-0.2, -0.15) is 0 Å². The lowest BCUT2D eigenvalue weighted by atomic mass is 10.0. The van der Waals surface area contributed by atoms with Gasteiger partial charge in [0, 0.05) is 26.2 Å². The fourth-order valence-electron chi connectivity index (χ4n) is 4.05. The van der Waals surface area contributed by atoms with Gasteiger partial charge in [0.05, 0.1) is 17.1 Å². The Hall–Kier alpha value is -2.61. The Labute approximate surface area is 170 Å². The largest absolute Gasteiger partial charge is 0.376 e. The molecule has 0 saturated carbocycles. The molecule has 1 aromatic heterocycles. The molecule has 156 valence electrons. The Kier molecular flexibility index (Phi) is 5.71. The summed E-state index contributed by atoms with van der Waals surface area (Å²) in [5.41, 5.74) is 1.89. The number of carbonyl (C=O) groups excluding carboxylic acids is 2. The predicted octanol–water partition coefficient (Wildman–Crippen LogP) is 2.28. The molecule has 3 heterocycles. The summed E-state index contributed by atoms with van der Waals surface area (Å²) in [6.07, 6.45) is 2.65. The molecule has 1 saturated heterocycles. The number of imidazole rings is 1. The van der Waals surface area contributed by atoms with Gasteiger partial charge in [0.2, 0.25) is 11.9 Å². The number of carbonyl (C=O) groups is 2. The molecule has 1 fully saturated rings. The van der Waals surface area contributed by atoms with E-state index < -0.39 is 6.04 Å². The number of nitrogens with one attached hydrogen (secondary N) is 2. The van der Waals surface area contributed by atoms with Crippen molar-refractivity contribution in [2.24, 2.45) is 5.92 Å². The van der Waals surface area contributed by atoms with E-state index >= 15 is 0 Å². The minimum Gasteiger partial charge on any atom is -0.376 e. The van der Waals surface area contributed by atoms with Crippen LogP contribution in [-0.2, 0) is 16.1 Å². The first kappa shape index (κ1) is 19.7. The molecular formula is C21H29N5O3. The van der Waals surface area contributed by atoms with E-state index in [0.29, 0.717) is 32.0 Å². The van der Waals surface area contributed by atoms with Crippen LogP contribution in [0.15, 0.2) is 24.3 Å². The molecule has 0 aliphatic carbocycles. The van der Waals surface area contributed by atoms with E-state index in [0.717, 1.165) is 30.5 Å². The molecule has 1 aromatic carbocycles. The summed E-state index contributed by atoms with van der Waals surface area (Å²) in [6.45, 7) is 6.57. The van der Waals surface area contributed by atoms with Crippen molar-refractivity contribution >= 4 is 28.9 Å². The van der Waals surface area contributed by atoms with E-state index in [1.165, 1.54) is 0 Å². The Bertz CT molecular complexity index is 888. The molecule has 29 heavy (non-hydrogen) atoms. The summed E-state index contributed by atoms with van der Waals surface area (Å²) < 4.78 is 7.62. The van der Waals surface area contributed by atoms with Crippen LogP contribution in [0.5, 0.6) is 0 Å². The second-order valence-corrected chi connectivity index (χ2v) is 8.22. The van der Waals surface area contributed by atoms with E-state index in [1.54, 1.807) is 4.90 Å². The fraction of sp³-hybridized carbons (Fsp3) is 0.571. The number of ether oxygens (including phenoxy) is 1. The van der Waals surface area contributed by atoms with Crippen LogP contribution in [0, 0.1) is 5.92 Å². The quantitative estimate of drug-likeness (QED) is 0.780. The van der Waals surface area contributed by atoms with E-state index in [9.17, 15) is 9.59 Å². The third-order valence-electron chi connectivity index (χ3n) is 5.52. The Morgan fingerprint density at radius 3 is 2.86 bits per heavy atom. The van der Waals surface area contributed by atoms with Crippen LogP contribution in [-0.4, -0.2) is 53.3 Å². The standard InChI is InChI=1S/C21H29N5O3/c1-14(2)12-17(19(27)22-13-15-6-5-11-29-15)24-21(28)26-10-9-25-18-8-4-3-7-16(18)23-20(25)26/h3-4,7-8,14-15,17H,5-6,9-13H2,1-2H3,(H,22,27)(H,24,28)/t15-,17-/m0/s1. The normalized spacial score (nSPS) is 19.6. The van der Waals surface area contributed by atoms with Gasteiger partial charge in [-0.15, -0.1) is 0 Å². The van der Waals surface area contributed by atoms with Gasteiger partial charge in [0.1, 0.15) is 6.04 Å². The number of hydrogen-bond donors (Lipinski definition) is 2. The van der Waals surface area contributed by atoms with Crippen molar-refractivity contribution in [1.29, 1.82) is 0 Å². The van der Waals surface area contributed by atoms with Crippen LogP contribution < -0.4 is 15.5 Å². The van der Waals surface area contributed by atoms with Gasteiger partial charge < -0.3 is 19.9 Å². The van der Waals surface area contributed by atoms with Gasteiger partial charge in [-0.05, 0) is 37.3 Å². The van der Waals surface area contributed by atoms with Crippen molar-refractivity contribution in [2.45, 2.75) is 51.8 Å². The van der Waals surface area contributed by atoms with Gasteiger partial charge in [-0.1, -0.05) is 26.0 Å². The third kappa shape index (κ3) is 4.22. The number of amides is 3. The molecule has 0 bridgehead atoms. The van der Waals surface area contributed by atoms with E-state index in [2.05, 4.69) is 15.6 Å². The number of hydrogen-bond acceptors (Lipinski definition) is 4. The van der Waals surface area contributed by atoms with Crippen molar-refractivity contribution in [3.05, 3.63) is 24.3 Å². The maximum atomic E-state index is 13.0. The summed E-state index contributed by atoms with van der Waals surface area (Å²) in [5, 5.41) is 5.88. The minimum absolute atomic E-state index is 0.0767. The number of urea groups is 1. The molecule has 8 heteroatoms. The van der Waals surface area contributed by atoms with E-state index in [4.69, 9.17) is 4.74 Å². The summed E-state index contributed by atoms with van der Waals surface area (Å²) in [4.78, 5) is 32.0. The molecule has 2 atom stereocenters. The van der Waals surface area contributed by atoms with Gasteiger partial charge in [-0.3, -0.25) is 9.69 Å². The fourth-order valence-corrected chi connectivity index (χ4v) is 4.05. The highest BCUT2D eigenvalue weighted by molar-refractivity contribution is 5.96. The Morgan fingerprint density at radius 2 is 2.10 bits per heavy atom. The van der Waals surface area contributed by atoms with Crippen LogP contribution in [0.3, 0.4) is 0 Å². The van der Waals surface area contributed by atoms with E-state index in [1.807, 2.05) is 42.7 Å². The van der Waals surface area contributed by atoms with Crippen LogP contribution >= 0.6 is 0 Å². The molecule has 0 unspecified atom stereocenters. The number of para-hydroxylation sites is 2. The highest BCUT2D eigenvalue weighted by Crippen LogP contribution is 2.27. The van der Waals surface area contributed by atoms with Crippen molar-refractivity contribution < 1.29 is 14.3 Å². The number of anilines is 1. The summed E-state index contributed by atoms with van der Waals surface area (Å²) in [6, 6.07) is 6.99. The van der Waals surface area contributed by atoms with Crippen molar-refractivity contribution in [1.82, 2.24) is 20.2 Å². The minimum atomic E-state index is -0.581. The van der Waals surface area contributed by atoms with E-state index in [-0.39, 0.29) is 24.0 Å². The first-order valence-electron chi connectivity index (χ1n) is 10.5. The van der Waals surface area contributed by atoms with Crippen LogP contribution in [0.2, 0.25) is 0 Å². The van der Waals surface area contributed by atoms with Gasteiger partial charge in [0.25, 0.3) is 0 Å². The molecule has 0 radical (unpaired) electrons. The van der Waals surface area contributed by atoms with Crippen molar-refractivity contribution in [3.8, 4) is 0 Å². The maximum absolute atomic E-state index is 13.0. The average Bonchev–Trinajstić information content (AvgIpc) is 3.41. The van der Waals surface area contributed by atoms with Gasteiger partial charge in [-0.25, -0.2) is 9.78 Å². The first-order chi connectivity index (χ1) is 14.0. The lowest BCUT2D eigenvalue weighted by molar-refractivity contribution is -0.123. The lowest BCUT2D eigenvalue weighted by Crippen LogP contribution is -2.52. The number of nitrogens with zero attached hydrogens (tertiary/aromatic N) is 3. The first-order valence-corrected chi connectivity index (χ1v) is 10.5. The topological polar surface area (TPSA) is 88.5 Å². The number of rotatable bonds is 6. The second-order valence-electron chi connectivity index (χ2n) is 8.22. The zero-order valence-corrected chi connectivity index (χ0v) is 17.1. The van der Waals surface area contributed by atoms with Gasteiger partial charge in [0.15, 0.2) is 0 Å². The summed E-state index contributed by atoms with van der Waals surface area (Å²) in [7, 11) is 0. The Morgan fingerprint density at radius 1 is 1.28 bits per heavy atom. The molecule has 2 aliphatic heterocycles. The predicted molar refractivity (Wildman–Crippen MR) is 111 cm³/mol. The molecule has 4 rings (SSSR count). The third-order valence-corrected chi connectivity index (χ3v) is 5.52. The summed E-state index contributed by atoms with van der Waals surface area (Å²) in [5.74, 6) is 0.749. The molecule has 2 aromatic rings. The second kappa shape index (κ2) is 8.41. The van der Waals surface area contributed by atoms with Crippen molar-refractivity contribution in [2.75, 3.05) is 24.6 Å². The molecular weight excluding hydrogens is 370 g/mol. The number of aromatic nitrogens is 2. The maximum Gasteiger partial charge on any atom is 0.324 e. The Balaban J connectivity index is 1.43. The molecule has 8 nitrogen and oxygen atoms in total. The SMILES string of the molecule is CC(C)C[C@H](NC(=O)N1CCn2c1nc1ccccc12)C(=O)NC[C@@H]1CCCO1. The highest BCUT2D eigenvalue weighted by atomic mass is 16.5. The van der Waals surface area contributed by atoms with Crippen LogP contribution in [0.4, 0.5) is 10.7 Å². The smallest absolute Gasteiger partial charge is 0.324 e. The zero-order valence-electron chi connectivity index (χ0n) is 17.1. The molecule has 2 N–H and O–H groups in total. The summed E-state index contributed by atoms with van der Waals surface area (Å²) >= 11 is 0.